The molecule has 0 fully saturated rings. The van der Waals surface area contributed by atoms with Crippen LogP contribution in [0.5, 0.6) is 0 Å². The monoisotopic (exact) mass is 357 g/mol. The minimum atomic E-state index is -0.553. The number of likely N-dealkylation sites (N-methyl/N-ethyl adjacent to an activating group) is 1. The van der Waals surface area contributed by atoms with Gasteiger partial charge in [0.2, 0.25) is 0 Å². The highest BCUT2D eigenvalue weighted by Gasteiger charge is 2.38. The van der Waals surface area contributed by atoms with Gasteiger partial charge in [-0.15, -0.1) is 0 Å². The standard InChI is InChI=1S/C24H24NP/c1-24(2)21-16-10-11-17-22(21)25(3)23(24)18-26(19-12-6-4-7-13-19)20-14-8-5-9-15-20/h4-18H,1-3H3. The van der Waals surface area contributed by atoms with Crippen molar-refractivity contribution in [3.63, 3.8) is 0 Å². The van der Waals surface area contributed by atoms with Crippen LogP contribution in [0, 0.1) is 0 Å². The van der Waals surface area contributed by atoms with Crippen molar-refractivity contribution in [1.29, 1.82) is 0 Å². The van der Waals surface area contributed by atoms with Crippen molar-refractivity contribution in [1.82, 2.24) is 0 Å². The van der Waals surface area contributed by atoms with Crippen LogP contribution in [0.1, 0.15) is 19.4 Å². The fraction of sp³-hybridized carbons (Fsp3) is 0.167. The molecule has 0 bridgehead atoms. The Morgan fingerprint density at radius 1 is 0.731 bits per heavy atom. The van der Waals surface area contributed by atoms with Crippen molar-refractivity contribution >= 4 is 24.2 Å². The molecule has 0 aliphatic carbocycles. The largest absolute Gasteiger partial charge is 0.347 e. The highest BCUT2D eigenvalue weighted by molar-refractivity contribution is 7.75. The summed E-state index contributed by atoms with van der Waals surface area (Å²) in [5.74, 6) is 2.51. The van der Waals surface area contributed by atoms with Crippen LogP contribution in [-0.4, -0.2) is 7.05 Å². The lowest BCUT2D eigenvalue weighted by molar-refractivity contribution is 0.642. The first kappa shape index (κ1) is 17.1. The molecule has 4 rings (SSSR count). The number of nitrogens with zero attached hydrogens (tertiary/aromatic N) is 1. The van der Waals surface area contributed by atoms with E-state index < -0.39 is 7.92 Å². The van der Waals surface area contributed by atoms with Gasteiger partial charge in [-0.25, -0.2) is 0 Å². The molecule has 1 heterocycles. The zero-order chi connectivity index (χ0) is 18.1. The molecule has 1 nitrogen and oxygen atoms in total. The van der Waals surface area contributed by atoms with Crippen molar-refractivity contribution in [3.8, 4) is 0 Å². The van der Waals surface area contributed by atoms with Crippen LogP contribution in [0.3, 0.4) is 0 Å². The number of fused-ring (bicyclic) bond motifs is 1. The van der Waals surface area contributed by atoms with Crippen molar-refractivity contribution in [2.24, 2.45) is 0 Å². The maximum Gasteiger partial charge on any atom is 0.0447 e. The maximum atomic E-state index is 2.51. The summed E-state index contributed by atoms with van der Waals surface area (Å²) in [7, 11) is 1.64. The van der Waals surface area contributed by atoms with Gasteiger partial charge in [-0.3, -0.25) is 0 Å². The predicted molar refractivity (Wildman–Crippen MR) is 115 cm³/mol. The molecule has 0 amide bonds. The number of rotatable bonds is 3. The lowest BCUT2D eigenvalue weighted by Crippen LogP contribution is -2.24. The zero-order valence-corrected chi connectivity index (χ0v) is 16.4. The summed E-state index contributed by atoms with van der Waals surface area (Å²) < 4.78 is 0. The first-order chi connectivity index (χ1) is 12.6. The van der Waals surface area contributed by atoms with E-state index in [2.05, 4.69) is 117 Å². The quantitative estimate of drug-likeness (QED) is 0.568. The molecule has 0 N–H and O–H groups in total. The summed E-state index contributed by atoms with van der Waals surface area (Å²) in [6.45, 7) is 4.68. The smallest absolute Gasteiger partial charge is 0.0447 e. The van der Waals surface area contributed by atoms with Gasteiger partial charge in [-0.2, -0.15) is 0 Å². The van der Waals surface area contributed by atoms with Gasteiger partial charge in [0.05, 0.1) is 0 Å². The lowest BCUT2D eigenvalue weighted by Gasteiger charge is -2.27. The molecule has 0 unspecified atom stereocenters. The van der Waals surface area contributed by atoms with Gasteiger partial charge in [0.15, 0.2) is 0 Å². The van der Waals surface area contributed by atoms with E-state index in [0.29, 0.717) is 0 Å². The van der Waals surface area contributed by atoms with E-state index in [1.807, 2.05) is 0 Å². The molecule has 0 aromatic heterocycles. The Kier molecular flexibility index (Phi) is 4.42. The predicted octanol–water partition coefficient (Wildman–Crippen LogP) is 5.39. The number of allylic oxidation sites excluding steroid dienone is 1. The van der Waals surface area contributed by atoms with E-state index in [0.717, 1.165) is 0 Å². The summed E-state index contributed by atoms with van der Waals surface area (Å²) in [5.41, 5.74) is 4.12. The number of hydrogen-bond acceptors (Lipinski definition) is 1. The van der Waals surface area contributed by atoms with Crippen LogP contribution in [0.15, 0.2) is 96.4 Å². The van der Waals surface area contributed by atoms with E-state index in [-0.39, 0.29) is 5.41 Å². The first-order valence-electron chi connectivity index (χ1n) is 9.04. The third kappa shape index (κ3) is 2.87. The van der Waals surface area contributed by atoms with Gasteiger partial charge in [0.1, 0.15) is 0 Å². The molecule has 26 heavy (non-hydrogen) atoms. The molecule has 3 aromatic carbocycles. The van der Waals surface area contributed by atoms with Crippen LogP contribution in [0.4, 0.5) is 5.69 Å². The summed E-state index contributed by atoms with van der Waals surface area (Å²) in [5, 5.41) is 2.78. The van der Waals surface area contributed by atoms with E-state index in [9.17, 15) is 0 Å². The minimum absolute atomic E-state index is 0.00941. The van der Waals surface area contributed by atoms with Crippen LogP contribution in [-0.2, 0) is 5.41 Å². The Morgan fingerprint density at radius 2 is 1.23 bits per heavy atom. The molecular weight excluding hydrogens is 333 g/mol. The van der Waals surface area contributed by atoms with Gasteiger partial charge < -0.3 is 4.90 Å². The van der Waals surface area contributed by atoms with Gasteiger partial charge in [0, 0.05) is 23.8 Å². The molecule has 1 aliphatic rings. The van der Waals surface area contributed by atoms with Gasteiger partial charge in [0.25, 0.3) is 0 Å². The topological polar surface area (TPSA) is 3.24 Å². The minimum Gasteiger partial charge on any atom is -0.347 e. The Labute approximate surface area is 157 Å². The average Bonchev–Trinajstić information content (AvgIpc) is 2.88. The number of para-hydroxylation sites is 1. The SMILES string of the molecule is CN1C(=CP(c2ccccc2)c2ccccc2)C(C)(C)c2ccccc21. The lowest BCUT2D eigenvalue weighted by atomic mass is 9.84. The highest BCUT2D eigenvalue weighted by Crippen LogP contribution is 2.50. The zero-order valence-electron chi connectivity index (χ0n) is 15.6. The van der Waals surface area contributed by atoms with E-state index in [4.69, 9.17) is 0 Å². The normalized spacial score (nSPS) is 16.9. The molecule has 0 saturated carbocycles. The van der Waals surface area contributed by atoms with Crippen molar-refractivity contribution < 1.29 is 0 Å². The number of benzene rings is 3. The molecule has 130 valence electrons. The molecule has 0 spiro atoms. The number of anilines is 1. The van der Waals surface area contributed by atoms with E-state index in [1.54, 1.807) is 0 Å². The van der Waals surface area contributed by atoms with Crippen molar-refractivity contribution in [2.75, 3.05) is 11.9 Å². The fourth-order valence-corrected chi connectivity index (χ4v) is 6.15. The van der Waals surface area contributed by atoms with Gasteiger partial charge >= 0.3 is 0 Å². The molecule has 3 aromatic rings. The maximum absolute atomic E-state index is 2.51. The second-order valence-electron chi connectivity index (χ2n) is 7.26. The Bertz CT molecular complexity index is 889. The van der Waals surface area contributed by atoms with Crippen LogP contribution in [0.2, 0.25) is 0 Å². The van der Waals surface area contributed by atoms with Crippen LogP contribution < -0.4 is 15.5 Å². The summed E-state index contributed by atoms with van der Waals surface area (Å²) in [4.78, 5) is 2.37. The van der Waals surface area contributed by atoms with Crippen molar-refractivity contribution in [3.05, 3.63) is 102 Å². The summed E-state index contributed by atoms with van der Waals surface area (Å²) in [6, 6.07) is 30.5. The van der Waals surface area contributed by atoms with Crippen LogP contribution >= 0.6 is 7.92 Å². The Balaban J connectivity index is 1.86. The Morgan fingerprint density at radius 3 is 1.77 bits per heavy atom. The second-order valence-corrected chi connectivity index (χ2v) is 9.29. The van der Waals surface area contributed by atoms with Gasteiger partial charge in [-0.1, -0.05) is 92.7 Å². The fourth-order valence-electron chi connectivity index (χ4n) is 3.83. The third-order valence-corrected chi connectivity index (χ3v) is 7.47. The second kappa shape index (κ2) is 6.74. The molecule has 0 atom stereocenters. The first-order valence-corrected chi connectivity index (χ1v) is 10.4. The summed E-state index contributed by atoms with van der Waals surface area (Å²) >= 11 is 0. The van der Waals surface area contributed by atoms with E-state index in [1.165, 1.54) is 27.6 Å². The number of hydrogen-bond donors (Lipinski definition) is 0. The van der Waals surface area contributed by atoms with Crippen molar-refractivity contribution in [2.45, 2.75) is 19.3 Å². The molecule has 0 radical (unpaired) electrons. The Hall–Kier alpha value is -2.37. The third-order valence-electron chi connectivity index (χ3n) is 5.26. The van der Waals surface area contributed by atoms with Crippen LogP contribution in [0.25, 0.3) is 0 Å². The average molecular weight is 357 g/mol. The van der Waals surface area contributed by atoms with Gasteiger partial charge in [-0.05, 0) is 36.0 Å². The highest BCUT2D eigenvalue weighted by atomic mass is 31.1. The molecule has 2 heteroatoms. The summed E-state index contributed by atoms with van der Waals surface area (Å²) in [6.07, 6.45) is 0. The van der Waals surface area contributed by atoms with E-state index >= 15 is 0 Å². The molecule has 0 saturated heterocycles. The molecular formula is C24H24NP. The molecule has 1 aliphatic heterocycles.